The van der Waals surface area contributed by atoms with E-state index in [1.165, 1.54) is 16.8 Å². The van der Waals surface area contributed by atoms with Crippen LogP contribution in [0.5, 0.6) is 0 Å². The third kappa shape index (κ3) is 1.66. The fraction of sp³-hybridized carbons (Fsp3) is 0.167. The Balaban J connectivity index is 2.10. The average Bonchev–Trinajstić information content (AvgIpc) is 2.74. The molecule has 1 aliphatic rings. The van der Waals surface area contributed by atoms with E-state index in [4.69, 9.17) is 0 Å². The van der Waals surface area contributed by atoms with E-state index in [1.54, 1.807) is 0 Å². The number of amides is 1. The zero-order valence-corrected chi connectivity index (χ0v) is 9.28. The Morgan fingerprint density at radius 1 is 1.28 bits per heavy atom. The molecule has 0 radical (unpaired) electrons. The van der Waals surface area contributed by atoms with Gasteiger partial charge in [0.2, 0.25) is 0 Å². The summed E-state index contributed by atoms with van der Waals surface area (Å²) in [6, 6.07) is 4.78. The minimum absolute atomic E-state index is 0.186. The van der Waals surface area contributed by atoms with Crippen LogP contribution < -0.4 is 5.32 Å². The number of aromatic nitrogens is 2. The van der Waals surface area contributed by atoms with Gasteiger partial charge >= 0.3 is 0 Å². The molecule has 2 aromatic rings. The van der Waals surface area contributed by atoms with Crippen molar-refractivity contribution in [2.24, 2.45) is 0 Å². The highest BCUT2D eigenvalue weighted by atomic mass is 19.1. The van der Waals surface area contributed by atoms with Gasteiger partial charge in [-0.15, -0.1) is 0 Å². The Morgan fingerprint density at radius 2 is 2.11 bits per heavy atom. The van der Waals surface area contributed by atoms with Gasteiger partial charge in [-0.05, 0) is 18.2 Å². The Morgan fingerprint density at radius 3 is 2.83 bits per heavy atom. The minimum Gasteiger partial charge on any atom is -0.349 e. The second kappa shape index (κ2) is 3.90. The van der Waals surface area contributed by atoms with Crippen molar-refractivity contribution in [1.29, 1.82) is 0 Å². The molecule has 0 bridgehead atoms. The highest BCUT2D eigenvalue weighted by Crippen LogP contribution is 2.23. The van der Waals surface area contributed by atoms with E-state index >= 15 is 0 Å². The number of nitrogens with zero attached hydrogens (tertiary/aromatic N) is 2. The standard InChI is InChI=1S/C12H9F2N3O/c13-7-1-2-8(9(14)5-7)10-6-11-12(18)15-3-4-17(11)16-10/h1-2,5-6H,3-4H2,(H,15,18). The van der Waals surface area contributed by atoms with E-state index in [1.807, 2.05) is 0 Å². The van der Waals surface area contributed by atoms with Gasteiger partial charge in [-0.2, -0.15) is 5.10 Å². The van der Waals surface area contributed by atoms with Gasteiger partial charge in [0.1, 0.15) is 17.3 Å². The Kier molecular flexibility index (Phi) is 2.36. The summed E-state index contributed by atoms with van der Waals surface area (Å²) in [7, 11) is 0. The number of hydrogen-bond donors (Lipinski definition) is 1. The van der Waals surface area contributed by atoms with Crippen LogP contribution >= 0.6 is 0 Å². The highest BCUT2D eigenvalue weighted by Gasteiger charge is 2.20. The number of hydrogen-bond acceptors (Lipinski definition) is 2. The third-order valence-electron chi connectivity index (χ3n) is 2.83. The summed E-state index contributed by atoms with van der Waals surface area (Å²) in [6.45, 7) is 1.04. The lowest BCUT2D eigenvalue weighted by Crippen LogP contribution is -2.35. The fourth-order valence-electron chi connectivity index (χ4n) is 1.96. The largest absolute Gasteiger partial charge is 0.349 e. The van der Waals surface area contributed by atoms with Crippen LogP contribution in [0, 0.1) is 11.6 Å². The van der Waals surface area contributed by atoms with E-state index in [9.17, 15) is 13.6 Å². The second-order valence-corrected chi connectivity index (χ2v) is 4.02. The number of halogens is 2. The normalized spacial score (nSPS) is 14.2. The van der Waals surface area contributed by atoms with Crippen LogP contribution in [0.2, 0.25) is 0 Å². The molecule has 0 aliphatic carbocycles. The Labute approximate surface area is 101 Å². The highest BCUT2D eigenvalue weighted by molar-refractivity contribution is 5.94. The number of fused-ring (bicyclic) bond motifs is 1. The minimum atomic E-state index is -0.689. The van der Waals surface area contributed by atoms with Gasteiger partial charge in [-0.25, -0.2) is 8.78 Å². The van der Waals surface area contributed by atoms with Crippen LogP contribution in [0.25, 0.3) is 11.3 Å². The van der Waals surface area contributed by atoms with Crippen LogP contribution in [0.15, 0.2) is 24.3 Å². The molecule has 3 rings (SSSR count). The third-order valence-corrected chi connectivity index (χ3v) is 2.83. The van der Waals surface area contributed by atoms with Gasteiger partial charge in [-0.1, -0.05) is 0 Å². The Bertz CT molecular complexity index is 636. The molecule has 4 nitrogen and oxygen atoms in total. The number of nitrogens with one attached hydrogen (secondary N) is 1. The zero-order chi connectivity index (χ0) is 12.7. The van der Waals surface area contributed by atoms with Crippen molar-refractivity contribution >= 4 is 5.91 Å². The first-order chi connectivity index (χ1) is 8.65. The first kappa shape index (κ1) is 10.9. The maximum atomic E-state index is 13.6. The summed E-state index contributed by atoms with van der Waals surface area (Å²) >= 11 is 0. The van der Waals surface area contributed by atoms with Gasteiger partial charge in [0, 0.05) is 18.2 Å². The number of rotatable bonds is 1. The molecule has 0 unspecified atom stereocenters. The van der Waals surface area contributed by atoms with Gasteiger partial charge in [-0.3, -0.25) is 9.48 Å². The molecule has 92 valence electrons. The molecular formula is C12H9F2N3O. The number of benzene rings is 1. The maximum Gasteiger partial charge on any atom is 0.269 e. The molecule has 1 aliphatic heterocycles. The molecule has 2 heterocycles. The van der Waals surface area contributed by atoms with E-state index in [0.29, 0.717) is 24.5 Å². The van der Waals surface area contributed by atoms with Crippen LogP contribution in [0.4, 0.5) is 8.78 Å². The zero-order valence-electron chi connectivity index (χ0n) is 9.28. The number of carbonyl (C=O) groups excluding carboxylic acids is 1. The molecule has 0 fully saturated rings. The molecular weight excluding hydrogens is 240 g/mol. The lowest BCUT2D eigenvalue weighted by molar-refractivity contribution is 0.0924. The molecule has 6 heteroatoms. The van der Waals surface area contributed by atoms with Crippen LogP contribution in [0.1, 0.15) is 10.5 Å². The fourth-order valence-corrected chi connectivity index (χ4v) is 1.96. The Hall–Kier alpha value is -2.24. The smallest absolute Gasteiger partial charge is 0.269 e. The molecule has 0 saturated carbocycles. The van der Waals surface area contributed by atoms with Crippen LogP contribution in [-0.4, -0.2) is 22.2 Å². The van der Waals surface area contributed by atoms with Crippen molar-refractivity contribution in [3.05, 3.63) is 41.6 Å². The summed E-state index contributed by atoms with van der Waals surface area (Å²) in [4.78, 5) is 11.5. The van der Waals surface area contributed by atoms with Gasteiger partial charge in [0.05, 0.1) is 12.2 Å². The summed E-state index contributed by atoms with van der Waals surface area (Å²) in [5, 5.41) is 6.83. The molecule has 0 spiro atoms. The van der Waals surface area contributed by atoms with Gasteiger partial charge in [0.25, 0.3) is 5.91 Å². The average molecular weight is 249 g/mol. The van der Waals surface area contributed by atoms with Crippen LogP contribution in [-0.2, 0) is 6.54 Å². The summed E-state index contributed by atoms with van der Waals surface area (Å²) in [5.41, 5.74) is 0.908. The molecule has 1 aromatic heterocycles. The molecule has 1 N–H and O–H groups in total. The monoisotopic (exact) mass is 249 g/mol. The number of carbonyl (C=O) groups is 1. The van der Waals surface area contributed by atoms with E-state index < -0.39 is 11.6 Å². The molecule has 1 amide bonds. The lowest BCUT2D eigenvalue weighted by atomic mass is 10.1. The van der Waals surface area contributed by atoms with Crippen molar-refractivity contribution in [2.75, 3.05) is 6.54 Å². The van der Waals surface area contributed by atoms with Crippen molar-refractivity contribution in [3.8, 4) is 11.3 Å². The van der Waals surface area contributed by atoms with Crippen molar-refractivity contribution in [3.63, 3.8) is 0 Å². The first-order valence-electron chi connectivity index (χ1n) is 5.46. The maximum absolute atomic E-state index is 13.6. The lowest BCUT2D eigenvalue weighted by Gasteiger charge is -2.13. The van der Waals surface area contributed by atoms with E-state index in [-0.39, 0.29) is 11.5 Å². The van der Waals surface area contributed by atoms with Gasteiger partial charge in [0.15, 0.2) is 0 Å². The summed E-state index contributed by atoms with van der Waals surface area (Å²) in [5.74, 6) is -1.56. The van der Waals surface area contributed by atoms with Gasteiger partial charge < -0.3 is 5.32 Å². The quantitative estimate of drug-likeness (QED) is 0.834. The van der Waals surface area contributed by atoms with Crippen molar-refractivity contribution < 1.29 is 13.6 Å². The SMILES string of the molecule is O=C1NCCn2nc(-c3ccc(F)cc3F)cc21. The van der Waals surface area contributed by atoms with Crippen molar-refractivity contribution in [2.45, 2.75) is 6.54 Å². The predicted molar refractivity (Wildman–Crippen MR) is 59.9 cm³/mol. The summed E-state index contributed by atoms with van der Waals surface area (Å²) in [6.07, 6.45) is 0. The van der Waals surface area contributed by atoms with Crippen LogP contribution in [0.3, 0.4) is 0 Å². The van der Waals surface area contributed by atoms with E-state index in [0.717, 1.165) is 12.1 Å². The summed E-state index contributed by atoms with van der Waals surface area (Å²) < 4.78 is 28.0. The molecule has 0 saturated heterocycles. The first-order valence-corrected chi connectivity index (χ1v) is 5.46. The second-order valence-electron chi connectivity index (χ2n) is 4.02. The van der Waals surface area contributed by atoms with E-state index in [2.05, 4.69) is 10.4 Å². The molecule has 0 atom stereocenters. The predicted octanol–water partition coefficient (Wildman–Crippen LogP) is 1.57. The molecule has 18 heavy (non-hydrogen) atoms. The topological polar surface area (TPSA) is 46.9 Å². The van der Waals surface area contributed by atoms with Crippen molar-refractivity contribution in [1.82, 2.24) is 15.1 Å². The molecule has 1 aromatic carbocycles.